The minimum Gasteiger partial charge on any atom is -0.493 e. The van der Waals surface area contributed by atoms with Crippen molar-refractivity contribution in [1.29, 1.82) is 0 Å². The Labute approximate surface area is 204 Å². The number of anilines is 1. The van der Waals surface area contributed by atoms with Crippen LogP contribution in [0.2, 0.25) is 0 Å². The molecule has 4 nitrogen and oxygen atoms in total. The van der Waals surface area contributed by atoms with Crippen LogP contribution in [-0.2, 0) is 17.6 Å². The van der Waals surface area contributed by atoms with Crippen molar-refractivity contribution in [3.05, 3.63) is 85.8 Å². The number of alkyl halides is 3. The summed E-state index contributed by atoms with van der Waals surface area (Å²) in [5, 5.41) is 2.50. The summed E-state index contributed by atoms with van der Waals surface area (Å²) in [6.45, 7) is 0.319. The van der Waals surface area contributed by atoms with E-state index >= 15 is 0 Å². The molecule has 0 fully saturated rings. The number of ether oxygens (including phenoxy) is 2. The second-order valence-electron chi connectivity index (χ2n) is 7.22. The first-order valence-electron chi connectivity index (χ1n) is 9.65. The summed E-state index contributed by atoms with van der Waals surface area (Å²) >= 11 is 6.88. The monoisotopic (exact) mass is 581 g/mol. The first-order valence-corrected chi connectivity index (χ1v) is 11.2. The first kappa shape index (κ1) is 23.4. The zero-order valence-electron chi connectivity index (χ0n) is 17.1. The van der Waals surface area contributed by atoms with Gasteiger partial charge in [0, 0.05) is 21.3 Å². The van der Waals surface area contributed by atoms with Gasteiger partial charge in [-0.05, 0) is 69.5 Å². The van der Waals surface area contributed by atoms with E-state index in [4.69, 9.17) is 9.47 Å². The molecule has 0 aromatic heterocycles. The van der Waals surface area contributed by atoms with Gasteiger partial charge in [0.2, 0.25) is 0 Å². The zero-order chi connectivity index (χ0) is 23.8. The average Bonchev–Trinajstić information content (AvgIpc) is 3.07. The number of halogens is 5. The van der Waals surface area contributed by atoms with Crippen molar-refractivity contribution < 1.29 is 27.4 Å². The van der Waals surface area contributed by atoms with Crippen molar-refractivity contribution >= 4 is 55.1 Å². The molecule has 9 heteroatoms. The predicted octanol–water partition coefficient (Wildman–Crippen LogP) is 7.31. The number of nitrogens with one attached hydrogen (secondary N) is 1. The Morgan fingerprint density at radius 2 is 1.76 bits per heavy atom. The summed E-state index contributed by atoms with van der Waals surface area (Å²) in [5.41, 5.74) is 1.55. The fourth-order valence-corrected chi connectivity index (χ4v) is 4.22. The summed E-state index contributed by atoms with van der Waals surface area (Å²) in [7, 11) is 1.50. The van der Waals surface area contributed by atoms with E-state index in [0.29, 0.717) is 33.7 Å². The van der Waals surface area contributed by atoms with E-state index in [2.05, 4.69) is 37.2 Å². The molecule has 1 aliphatic rings. The summed E-state index contributed by atoms with van der Waals surface area (Å²) in [5.74, 6) is 0.461. The van der Waals surface area contributed by atoms with Crippen LogP contribution in [-0.4, -0.2) is 13.0 Å². The maximum atomic E-state index is 13.0. The van der Waals surface area contributed by atoms with Gasteiger partial charge in [0.15, 0.2) is 11.5 Å². The lowest BCUT2D eigenvalue weighted by molar-refractivity contribution is -0.137. The Morgan fingerprint density at radius 3 is 2.42 bits per heavy atom. The smallest absolute Gasteiger partial charge is 0.416 e. The van der Waals surface area contributed by atoms with Crippen molar-refractivity contribution in [3.63, 3.8) is 0 Å². The molecule has 0 saturated carbocycles. The Morgan fingerprint density at radius 1 is 1.03 bits per heavy atom. The maximum Gasteiger partial charge on any atom is 0.416 e. The van der Waals surface area contributed by atoms with Gasteiger partial charge in [-0.3, -0.25) is 4.79 Å². The summed E-state index contributed by atoms with van der Waals surface area (Å²) in [6, 6.07) is 14.3. The van der Waals surface area contributed by atoms with Gasteiger partial charge < -0.3 is 14.8 Å². The van der Waals surface area contributed by atoms with Crippen LogP contribution in [0, 0.1) is 0 Å². The van der Waals surface area contributed by atoms with Crippen LogP contribution in [0.1, 0.15) is 22.3 Å². The van der Waals surface area contributed by atoms with Crippen LogP contribution in [0.25, 0.3) is 11.6 Å². The molecule has 0 saturated heterocycles. The zero-order valence-corrected chi connectivity index (χ0v) is 20.3. The number of rotatable bonds is 5. The van der Waals surface area contributed by atoms with Crippen molar-refractivity contribution in [2.45, 2.75) is 12.8 Å². The lowest BCUT2D eigenvalue weighted by Crippen LogP contribution is -2.06. The highest BCUT2D eigenvalue weighted by atomic mass is 79.9. The molecule has 1 heterocycles. The molecule has 3 aromatic rings. The van der Waals surface area contributed by atoms with Crippen LogP contribution < -0.4 is 14.8 Å². The molecule has 0 spiro atoms. The van der Waals surface area contributed by atoms with Crippen LogP contribution in [0.5, 0.6) is 11.5 Å². The topological polar surface area (TPSA) is 47.6 Å². The van der Waals surface area contributed by atoms with Crippen LogP contribution in [0.3, 0.4) is 0 Å². The molecule has 0 unspecified atom stereocenters. The number of hydrogen-bond donors (Lipinski definition) is 1. The van der Waals surface area contributed by atoms with Crippen molar-refractivity contribution in [1.82, 2.24) is 0 Å². The van der Waals surface area contributed by atoms with Gasteiger partial charge in [0.05, 0.1) is 17.1 Å². The predicted molar refractivity (Wildman–Crippen MR) is 127 cm³/mol. The average molecular weight is 583 g/mol. The van der Waals surface area contributed by atoms with Crippen molar-refractivity contribution in [2.75, 3.05) is 12.4 Å². The summed E-state index contributed by atoms with van der Waals surface area (Å²) in [4.78, 5) is 12.5. The minimum atomic E-state index is -4.49. The van der Waals surface area contributed by atoms with Crippen molar-refractivity contribution in [2.24, 2.45) is 0 Å². The van der Waals surface area contributed by atoms with E-state index in [1.165, 1.54) is 13.2 Å². The fourth-order valence-electron chi connectivity index (χ4n) is 3.38. The summed E-state index contributed by atoms with van der Waals surface area (Å²) in [6.07, 6.45) is -2.89. The Bertz CT molecular complexity index is 1260. The maximum absolute atomic E-state index is 13.0. The number of benzene rings is 3. The Balaban J connectivity index is 1.63. The molecule has 1 N–H and O–H groups in total. The number of methoxy groups -OCH3 is 1. The van der Waals surface area contributed by atoms with Gasteiger partial charge in [-0.15, -0.1) is 0 Å². The van der Waals surface area contributed by atoms with Gasteiger partial charge in [-0.25, -0.2) is 0 Å². The number of amides is 1. The Hall–Kier alpha value is -2.78. The second-order valence-corrected chi connectivity index (χ2v) is 8.99. The fraction of sp³-hybridized carbons (Fsp3) is 0.125. The van der Waals surface area contributed by atoms with Crippen molar-refractivity contribution in [3.8, 4) is 11.5 Å². The minimum absolute atomic E-state index is 0.126. The molecular formula is C24H16Br2F3NO3. The second kappa shape index (κ2) is 9.23. The molecule has 170 valence electrons. The molecule has 0 bridgehead atoms. The van der Waals surface area contributed by atoms with Gasteiger partial charge in [0.1, 0.15) is 6.61 Å². The largest absolute Gasteiger partial charge is 0.493 e. The van der Waals surface area contributed by atoms with E-state index in [-0.39, 0.29) is 11.3 Å². The van der Waals surface area contributed by atoms with Crippen LogP contribution in [0.4, 0.5) is 18.9 Å². The highest BCUT2D eigenvalue weighted by molar-refractivity contribution is 9.10. The third-order valence-electron chi connectivity index (χ3n) is 4.99. The standard InChI is InChI=1S/C24H16Br2F3NO3/c1-32-21-10-14(9-19(26)22(21)33-12-13-2-5-16(25)6-3-13)8-18-17-7-4-15(24(27,28)29)11-20(17)30-23(18)31/h2-11H,12H2,1H3,(H,30,31)/b18-8-. The molecule has 3 aromatic carbocycles. The van der Waals surface area contributed by atoms with Crippen LogP contribution in [0.15, 0.2) is 63.5 Å². The quantitative estimate of drug-likeness (QED) is 0.321. The lowest BCUT2D eigenvalue weighted by Gasteiger charge is -2.14. The van der Waals surface area contributed by atoms with E-state index in [1.807, 2.05) is 24.3 Å². The molecule has 0 aliphatic carbocycles. The van der Waals surface area contributed by atoms with Gasteiger partial charge in [-0.1, -0.05) is 34.1 Å². The highest BCUT2D eigenvalue weighted by Crippen LogP contribution is 2.41. The third-order valence-corrected chi connectivity index (χ3v) is 6.11. The molecule has 4 rings (SSSR count). The third kappa shape index (κ3) is 5.09. The molecule has 0 atom stereocenters. The van der Waals surface area contributed by atoms with E-state index < -0.39 is 17.6 Å². The van der Waals surface area contributed by atoms with Gasteiger partial charge in [0.25, 0.3) is 5.91 Å². The van der Waals surface area contributed by atoms with E-state index in [0.717, 1.165) is 22.2 Å². The summed E-state index contributed by atoms with van der Waals surface area (Å²) < 4.78 is 52.0. The molecule has 0 radical (unpaired) electrons. The first-order chi connectivity index (χ1) is 15.7. The van der Waals surface area contributed by atoms with Gasteiger partial charge >= 0.3 is 6.18 Å². The molecule has 33 heavy (non-hydrogen) atoms. The molecule has 1 aliphatic heterocycles. The van der Waals surface area contributed by atoms with E-state index in [1.54, 1.807) is 18.2 Å². The molecule has 1 amide bonds. The highest BCUT2D eigenvalue weighted by Gasteiger charge is 2.33. The lowest BCUT2D eigenvalue weighted by atomic mass is 10.0. The Kier molecular flexibility index (Phi) is 6.54. The van der Waals surface area contributed by atoms with Gasteiger partial charge in [-0.2, -0.15) is 13.2 Å². The van der Waals surface area contributed by atoms with E-state index in [9.17, 15) is 18.0 Å². The number of hydrogen-bond acceptors (Lipinski definition) is 3. The number of carbonyl (C=O) groups excluding carboxylic acids is 1. The number of fused-ring (bicyclic) bond motifs is 1. The number of carbonyl (C=O) groups is 1. The SMILES string of the molecule is COc1cc(/C=C2\C(=O)Nc3cc(C(F)(F)F)ccc32)cc(Br)c1OCc1ccc(Br)cc1. The molecular weight excluding hydrogens is 567 g/mol. The normalized spacial score (nSPS) is 14.2. The van der Waals surface area contributed by atoms with Crippen LogP contribution >= 0.6 is 31.9 Å².